The molecule has 0 atom stereocenters. The molecule has 1 aromatic rings. The van der Waals surface area contributed by atoms with Crippen molar-refractivity contribution in [2.45, 2.75) is 26.3 Å². The number of rotatable bonds is 4. The molecular weight excluding hydrogens is 164 g/mol. The lowest BCUT2D eigenvalue weighted by Gasteiger charge is -2.03. The van der Waals surface area contributed by atoms with E-state index in [4.69, 9.17) is 5.73 Å². The Morgan fingerprint density at radius 2 is 2.31 bits per heavy atom. The van der Waals surface area contributed by atoms with Gasteiger partial charge in [0, 0.05) is 18.8 Å². The molecule has 0 amide bonds. The van der Waals surface area contributed by atoms with Gasteiger partial charge in [-0.25, -0.2) is 0 Å². The van der Waals surface area contributed by atoms with Crippen molar-refractivity contribution >= 4 is 0 Å². The Kier molecular flexibility index (Phi) is 3.71. The van der Waals surface area contributed by atoms with Crippen LogP contribution in [-0.4, -0.2) is 11.1 Å². The SMILES string of the molecule is CCn1ccc(CCCN)cc1=O. The first-order valence-corrected chi connectivity index (χ1v) is 4.67. The second-order valence-corrected chi connectivity index (χ2v) is 3.05. The molecule has 2 N–H and O–H groups in total. The van der Waals surface area contributed by atoms with E-state index in [1.807, 2.05) is 19.2 Å². The Hall–Kier alpha value is -1.09. The quantitative estimate of drug-likeness (QED) is 0.743. The van der Waals surface area contributed by atoms with Crippen molar-refractivity contribution in [3.63, 3.8) is 0 Å². The van der Waals surface area contributed by atoms with Crippen molar-refractivity contribution in [1.82, 2.24) is 4.57 Å². The number of hydrogen-bond donors (Lipinski definition) is 1. The Morgan fingerprint density at radius 1 is 1.54 bits per heavy atom. The maximum atomic E-state index is 11.4. The summed E-state index contributed by atoms with van der Waals surface area (Å²) in [6.45, 7) is 3.37. The van der Waals surface area contributed by atoms with Crippen LogP contribution < -0.4 is 11.3 Å². The van der Waals surface area contributed by atoms with Gasteiger partial charge in [-0.2, -0.15) is 0 Å². The Balaban J connectivity index is 2.77. The molecule has 0 spiro atoms. The first-order valence-electron chi connectivity index (χ1n) is 4.67. The highest BCUT2D eigenvalue weighted by Crippen LogP contribution is 1.98. The zero-order valence-electron chi connectivity index (χ0n) is 7.99. The zero-order chi connectivity index (χ0) is 9.68. The molecule has 1 aromatic heterocycles. The van der Waals surface area contributed by atoms with Crippen LogP contribution in [-0.2, 0) is 13.0 Å². The van der Waals surface area contributed by atoms with Crippen molar-refractivity contribution in [3.05, 3.63) is 34.2 Å². The largest absolute Gasteiger partial charge is 0.330 e. The molecule has 0 aliphatic carbocycles. The summed E-state index contributed by atoms with van der Waals surface area (Å²) >= 11 is 0. The van der Waals surface area contributed by atoms with Crippen molar-refractivity contribution < 1.29 is 0 Å². The Labute approximate surface area is 78.2 Å². The fourth-order valence-electron chi connectivity index (χ4n) is 1.27. The van der Waals surface area contributed by atoms with Crippen LogP contribution in [0, 0.1) is 0 Å². The van der Waals surface area contributed by atoms with Crippen LogP contribution >= 0.6 is 0 Å². The minimum absolute atomic E-state index is 0.0806. The van der Waals surface area contributed by atoms with Crippen LogP contribution in [0.15, 0.2) is 23.1 Å². The second kappa shape index (κ2) is 4.82. The fraction of sp³-hybridized carbons (Fsp3) is 0.500. The first kappa shape index (κ1) is 9.99. The number of nitrogens with zero attached hydrogens (tertiary/aromatic N) is 1. The summed E-state index contributed by atoms with van der Waals surface area (Å²) in [7, 11) is 0. The monoisotopic (exact) mass is 180 g/mol. The first-order chi connectivity index (χ1) is 6.27. The van der Waals surface area contributed by atoms with Gasteiger partial charge in [0.15, 0.2) is 0 Å². The molecule has 0 fully saturated rings. The van der Waals surface area contributed by atoms with E-state index in [0.29, 0.717) is 6.54 Å². The van der Waals surface area contributed by atoms with Gasteiger partial charge in [-0.05, 0) is 37.9 Å². The highest BCUT2D eigenvalue weighted by Gasteiger charge is 1.96. The van der Waals surface area contributed by atoms with Gasteiger partial charge < -0.3 is 10.3 Å². The Morgan fingerprint density at radius 3 is 2.85 bits per heavy atom. The van der Waals surface area contributed by atoms with Gasteiger partial charge in [0.05, 0.1) is 0 Å². The van der Waals surface area contributed by atoms with Crippen LogP contribution in [0.4, 0.5) is 0 Å². The summed E-state index contributed by atoms with van der Waals surface area (Å²) in [4.78, 5) is 11.4. The average molecular weight is 180 g/mol. The zero-order valence-corrected chi connectivity index (χ0v) is 7.99. The molecule has 72 valence electrons. The van der Waals surface area contributed by atoms with Gasteiger partial charge >= 0.3 is 0 Å². The smallest absolute Gasteiger partial charge is 0.250 e. The third-order valence-electron chi connectivity index (χ3n) is 2.07. The van der Waals surface area contributed by atoms with Gasteiger partial charge in [-0.1, -0.05) is 0 Å². The predicted molar refractivity (Wildman–Crippen MR) is 53.8 cm³/mol. The van der Waals surface area contributed by atoms with E-state index in [-0.39, 0.29) is 5.56 Å². The number of hydrogen-bond acceptors (Lipinski definition) is 2. The minimum Gasteiger partial charge on any atom is -0.330 e. The minimum atomic E-state index is 0.0806. The molecular formula is C10H16N2O. The molecule has 0 saturated carbocycles. The normalized spacial score (nSPS) is 10.3. The van der Waals surface area contributed by atoms with E-state index < -0.39 is 0 Å². The second-order valence-electron chi connectivity index (χ2n) is 3.05. The molecule has 1 heterocycles. The van der Waals surface area contributed by atoms with Crippen LogP contribution in [0.25, 0.3) is 0 Å². The number of aromatic nitrogens is 1. The Bertz CT molecular complexity index is 317. The maximum absolute atomic E-state index is 11.4. The van der Waals surface area contributed by atoms with E-state index in [1.54, 1.807) is 10.6 Å². The van der Waals surface area contributed by atoms with Crippen LogP contribution in [0.3, 0.4) is 0 Å². The molecule has 0 unspecified atom stereocenters. The predicted octanol–water partition coefficient (Wildman–Crippen LogP) is 0.760. The van der Waals surface area contributed by atoms with Gasteiger partial charge in [0.25, 0.3) is 5.56 Å². The van der Waals surface area contributed by atoms with Gasteiger partial charge in [0.2, 0.25) is 0 Å². The lowest BCUT2D eigenvalue weighted by atomic mass is 10.1. The highest BCUT2D eigenvalue weighted by atomic mass is 16.1. The summed E-state index contributed by atoms with van der Waals surface area (Å²) in [5.41, 5.74) is 6.55. The standard InChI is InChI=1S/C10H16N2O/c1-2-12-7-5-9(4-3-6-11)8-10(12)13/h5,7-8H,2-4,6,11H2,1H3. The summed E-state index contributed by atoms with van der Waals surface area (Å²) in [5, 5.41) is 0. The molecule has 13 heavy (non-hydrogen) atoms. The summed E-state index contributed by atoms with van der Waals surface area (Å²) < 4.78 is 1.69. The van der Waals surface area contributed by atoms with Crippen LogP contribution in [0.5, 0.6) is 0 Å². The van der Waals surface area contributed by atoms with E-state index in [2.05, 4.69) is 0 Å². The molecule has 3 nitrogen and oxygen atoms in total. The maximum Gasteiger partial charge on any atom is 0.250 e. The molecule has 0 bridgehead atoms. The lowest BCUT2D eigenvalue weighted by molar-refractivity contribution is 0.719. The molecule has 0 saturated heterocycles. The third-order valence-corrected chi connectivity index (χ3v) is 2.07. The van der Waals surface area contributed by atoms with Crippen molar-refractivity contribution in [2.75, 3.05) is 6.54 Å². The summed E-state index contributed by atoms with van der Waals surface area (Å²) in [6.07, 6.45) is 3.68. The molecule has 1 rings (SSSR count). The highest BCUT2D eigenvalue weighted by molar-refractivity contribution is 5.11. The van der Waals surface area contributed by atoms with Crippen molar-refractivity contribution in [3.8, 4) is 0 Å². The van der Waals surface area contributed by atoms with E-state index >= 15 is 0 Å². The van der Waals surface area contributed by atoms with E-state index in [0.717, 1.165) is 24.9 Å². The lowest BCUT2D eigenvalue weighted by Crippen LogP contribution is -2.18. The number of aryl methyl sites for hydroxylation is 2. The molecule has 0 aliphatic rings. The molecule has 0 radical (unpaired) electrons. The summed E-state index contributed by atoms with van der Waals surface area (Å²) in [5.74, 6) is 0. The number of nitrogens with two attached hydrogens (primary N) is 1. The molecule has 0 aromatic carbocycles. The molecule has 3 heteroatoms. The van der Waals surface area contributed by atoms with Gasteiger partial charge in [0.1, 0.15) is 0 Å². The van der Waals surface area contributed by atoms with E-state index in [9.17, 15) is 4.79 Å². The van der Waals surface area contributed by atoms with Gasteiger partial charge in [-0.15, -0.1) is 0 Å². The van der Waals surface area contributed by atoms with Gasteiger partial charge in [-0.3, -0.25) is 4.79 Å². The summed E-state index contributed by atoms with van der Waals surface area (Å²) in [6, 6.07) is 3.68. The van der Waals surface area contributed by atoms with E-state index in [1.165, 1.54) is 0 Å². The number of pyridine rings is 1. The topological polar surface area (TPSA) is 48.0 Å². The van der Waals surface area contributed by atoms with Crippen molar-refractivity contribution in [1.29, 1.82) is 0 Å². The van der Waals surface area contributed by atoms with Crippen LogP contribution in [0.1, 0.15) is 18.9 Å². The average Bonchev–Trinajstić information content (AvgIpc) is 2.15. The fourth-order valence-corrected chi connectivity index (χ4v) is 1.27. The molecule has 0 aliphatic heterocycles. The van der Waals surface area contributed by atoms with Crippen LogP contribution in [0.2, 0.25) is 0 Å². The third kappa shape index (κ3) is 2.70. The van der Waals surface area contributed by atoms with Crippen molar-refractivity contribution in [2.24, 2.45) is 5.73 Å².